The lowest BCUT2D eigenvalue weighted by molar-refractivity contribution is -0.153. The van der Waals surface area contributed by atoms with E-state index in [2.05, 4.69) is 26.8 Å². The second-order valence-corrected chi connectivity index (χ2v) is 8.79. The van der Waals surface area contributed by atoms with Gasteiger partial charge in [-0.15, -0.1) is 0 Å². The lowest BCUT2D eigenvalue weighted by atomic mass is 9.70. The van der Waals surface area contributed by atoms with Gasteiger partial charge in [0.1, 0.15) is 11.4 Å². The molecule has 2 aliphatic heterocycles. The SMILES string of the molecule is C[C@H]1O[C@@H]2c3cc(CC(=O)O)ccc3OC(C)(C)[C@H]2C[C@@H]1c1ccccc1Cl. The van der Waals surface area contributed by atoms with Gasteiger partial charge in [0.15, 0.2) is 0 Å². The van der Waals surface area contributed by atoms with E-state index >= 15 is 0 Å². The maximum absolute atomic E-state index is 11.1. The molecule has 2 aromatic rings. The average Bonchev–Trinajstić information content (AvgIpc) is 2.62. The fourth-order valence-corrected chi connectivity index (χ4v) is 4.94. The lowest BCUT2D eigenvalue weighted by Crippen LogP contribution is -2.50. The van der Waals surface area contributed by atoms with Crippen molar-refractivity contribution in [2.75, 3.05) is 0 Å². The van der Waals surface area contributed by atoms with Gasteiger partial charge in [0.05, 0.1) is 18.6 Å². The van der Waals surface area contributed by atoms with Crippen LogP contribution in [0.4, 0.5) is 0 Å². The first-order valence-electron chi connectivity index (χ1n) is 9.70. The molecule has 1 fully saturated rings. The molecule has 4 rings (SSSR count). The van der Waals surface area contributed by atoms with Crippen molar-refractivity contribution in [2.45, 2.75) is 57.3 Å². The lowest BCUT2D eigenvalue weighted by Gasteiger charge is -2.51. The van der Waals surface area contributed by atoms with Gasteiger partial charge in [-0.2, -0.15) is 0 Å². The Morgan fingerprint density at radius 2 is 1.96 bits per heavy atom. The molecule has 1 saturated heterocycles. The zero-order valence-corrected chi connectivity index (χ0v) is 17.1. The molecule has 0 saturated carbocycles. The van der Waals surface area contributed by atoms with Gasteiger partial charge in [0.25, 0.3) is 0 Å². The normalized spacial score (nSPS) is 28.0. The number of hydrogen-bond acceptors (Lipinski definition) is 3. The first-order chi connectivity index (χ1) is 13.3. The number of fused-ring (bicyclic) bond motifs is 3. The third-order valence-corrected chi connectivity index (χ3v) is 6.45. The molecule has 2 aromatic carbocycles. The standard InChI is InChI=1S/C23H25ClO4/c1-13-16(15-6-4-5-7-19(15)24)12-18-22(27-13)17-10-14(11-21(25)26)8-9-20(17)28-23(18,2)3/h4-10,13,16,18,22H,11-12H2,1-3H3,(H,25,26)/t13-,16+,18+,22-/m1/s1. The number of rotatable bonds is 3. The summed E-state index contributed by atoms with van der Waals surface area (Å²) in [7, 11) is 0. The number of benzene rings is 2. The highest BCUT2D eigenvalue weighted by atomic mass is 35.5. The maximum atomic E-state index is 11.1. The second-order valence-electron chi connectivity index (χ2n) is 8.38. The van der Waals surface area contributed by atoms with E-state index in [1.807, 2.05) is 36.4 Å². The van der Waals surface area contributed by atoms with Gasteiger partial charge in [-0.3, -0.25) is 4.79 Å². The molecule has 28 heavy (non-hydrogen) atoms. The number of aliphatic carboxylic acids is 1. The summed E-state index contributed by atoms with van der Waals surface area (Å²) in [4.78, 5) is 11.1. The number of halogens is 1. The monoisotopic (exact) mass is 400 g/mol. The van der Waals surface area contributed by atoms with Gasteiger partial charge in [0.2, 0.25) is 0 Å². The molecule has 0 aliphatic carbocycles. The van der Waals surface area contributed by atoms with Gasteiger partial charge < -0.3 is 14.6 Å². The summed E-state index contributed by atoms with van der Waals surface area (Å²) >= 11 is 6.48. The minimum Gasteiger partial charge on any atom is -0.487 e. The third kappa shape index (κ3) is 3.40. The number of carboxylic acids is 1. The Morgan fingerprint density at radius 3 is 2.68 bits per heavy atom. The topological polar surface area (TPSA) is 55.8 Å². The molecule has 2 heterocycles. The summed E-state index contributed by atoms with van der Waals surface area (Å²) in [6.45, 7) is 6.29. The van der Waals surface area contributed by atoms with Crippen molar-refractivity contribution < 1.29 is 19.4 Å². The zero-order chi connectivity index (χ0) is 20.1. The van der Waals surface area contributed by atoms with Crippen LogP contribution >= 0.6 is 11.6 Å². The van der Waals surface area contributed by atoms with E-state index in [1.54, 1.807) is 0 Å². The van der Waals surface area contributed by atoms with Crippen molar-refractivity contribution in [3.63, 3.8) is 0 Å². The van der Waals surface area contributed by atoms with Crippen LogP contribution in [-0.4, -0.2) is 22.8 Å². The van der Waals surface area contributed by atoms with Crippen LogP contribution in [0.3, 0.4) is 0 Å². The summed E-state index contributed by atoms with van der Waals surface area (Å²) < 4.78 is 12.9. The van der Waals surface area contributed by atoms with Gasteiger partial charge in [-0.05, 0) is 56.5 Å². The van der Waals surface area contributed by atoms with E-state index in [0.717, 1.165) is 33.9 Å². The molecule has 2 aliphatic rings. The predicted octanol–water partition coefficient (Wildman–Crippen LogP) is 5.39. The van der Waals surface area contributed by atoms with Crippen LogP contribution < -0.4 is 4.74 Å². The van der Waals surface area contributed by atoms with Gasteiger partial charge in [0, 0.05) is 22.4 Å². The fraction of sp³-hybridized carbons (Fsp3) is 0.435. The van der Waals surface area contributed by atoms with Crippen LogP contribution in [0, 0.1) is 5.92 Å². The van der Waals surface area contributed by atoms with E-state index in [4.69, 9.17) is 26.2 Å². The molecule has 4 atom stereocenters. The molecular formula is C23H25ClO4. The molecule has 0 amide bonds. The molecular weight excluding hydrogens is 376 g/mol. The van der Waals surface area contributed by atoms with Crippen LogP contribution in [0.15, 0.2) is 42.5 Å². The van der Waals surface area contributed by atoms with Crippen molar-refractivity contribution >= 4 is 17.6 Å². The van der Waals surface area contributed by atoms with Crippen LogP contribution in [0.5, 0.6) is 5.75 Å². The quantitative estimate of drug-likeness (QED) is 0.750. The smallest absolute Gasteiger partial charge is 0.307 e. The second kappa shape index (κ2) is 7.09. The van der Waals surface area contributed by atoms with Crippen LogP contribution in [-0.2, 0) is 16.0 Å². The van der Waals surface area contributed by atoms with Crippen molar-refractivity contribution in [3.05, 3.63) is 64.2 Å². The van der Waals surface area contributed by atoms with Gasteiger partial charge in [-0.25, -0.2) is 0 Å². The number of carbonyl (C=O) groups is 1. The minimum absolute atomic E-state index is 0.00807. The van der Waals surface area contributed by atoms with Crippen LogP contribution in [0.2, 0.25) is 5.02 Å². The number of ether oxygens (including phenoxy) is 2. The molecule has 0 spiro atoms. The Bertz CT molecular complexity index is 907. The van der Waals surface area contributed by atoms with E-state index in [-0.39, 0.29) is 30.5 Å². The Labute approximate surface area is 170 Å². The largest absolute Gasteiger partial charge is 0.487 e. The summed E-state index contributed by atoms with van der Waals surface area (Å²) in [6.07, 6.45) is 0.754. The van der Waals surface area contributed by atoms with E-state index in [9.17, 15) is 4.79 Å². The average molecular weight is 401 g/mol. The van der Waals surface area contributed by atoms with E-state index < -0.39 is 11.6 Å². The maximum Gasteiger partial charge on any atom is 0.307 e. The fourth-order valence-electron chi connectivity index (χ4n) is 4.66. The summed E-state index contributed by atoms with van der Waals surface area (Å²) in [5.74, 6) is 0.258. The molecule has 0 unspecified atom stereocenters. The predicted molar refractivity (Wildman–Crippen MR) is 108 cm³/mol. The summed E-state index contributed by atoms with van der Waals surface area (Å²) in [5, 5.41) is 9.90. The first kappa shape index (κ1) is 19.3. The van der Waals surface area contributed by atoms with Gasteiger partial charge >= 0.3 is 5.97 Å². The van der Waals surface area contributed by atoms with Gasteiger partial charge in [-0.1, -0.05) is 35.9 Å². The van der Waals surface area contributed by atoms with Crippen LogP contribution in [0.1, 0.15) is 55.9 Å². The third-order valence-electron chi connectivity index (χ3n) is 6.11. The first-order valence-corrected chi connectivity index (χ1v) is 10.1. The highest BCUT2D eigenvalue weighted by Crippen LogP contribution is 2.54. The van der Waals surface area contributed by atoms with Crippen LogP contribution in [0.25, 0.3) is 0 Å². The molecule has 0 aromatic heterocycles. The van der Waals surface area contributed by atoms with Crippen molar-refractivity contribution in [2.24, 2.45) is 5.92 Å². The molecule has 5 heteroatoms. The summed E-state index contributed by atoms with van der Waals surface area (Å²) in [6, 6.07) is 13.6. The Balaban J connectivity index is 1.71. The molecule has 4 nitrogen and oxygen atoms in total. The van der Waals surface area contributed by atoms with E-state index in [1.165, 1.54) is 0 Å². The highest BCUT2D eigenvalue weighted by molar-refractivity contribution is 6.31. The Hall–Kier alpha value is -2.04. The summed E-state index contributed by atoms with van der Waals surface area (Å²) in [5.41, 5.74) is 2.42. The number of carboxylic acid groups (broad SMARTS) is 1. The number of hydrogen-bond donors (Lipinski definition) is 1. The molecule has 0 bridgehead atoms. The minimum atomic E-state index is -0.842. The van der Waals surface area contributed by atoms with Crippen molar-refractivity contribution in [1.82, 2.24) is 0 Å². The molecule has 0 radical (unpaired) electrons. The van der Waals surface area contributed by atoms with Crippen molar-refractivity contribution in [1.29, 1.82) is 0 Å². The molecule has 1 N–H and O–H groups in total. The highest BCUT2D eigenvalue weighted by Gasteiger charge is 2.50. The molecule has 148 valence electrons. The zero-order valence-electron chi connectivity index (χ0n) is 16.3. The Morgan fingerprint density at radius 1 is 1.21 bits per heavy atom. The van der Waals surface area contributed by atoms with E-state index in [0.29, 0.717) is 0 Å². The van der Waals surface area contributed by atoms with Crippen molar-refractivity contribution in [3.8, 4) is 5.75 Å². The Kier molecular flexibility index (Phi) is 4.88.